The van der Waals surface area contributed by atoms with Gasteiger partial charge >= 0.3 is 0 Å². The normalized spacial score (nSPS) is 25.5. The molecular formula is C31H39N5O6S. The minimum atomic E-state index is -0.941. The highest BCUT2D eigenvalue weighted by Crippen LogP contribution is 2.25. The predicted molar refractivity (Wildman–Crippen MR) is 160 cm³/mol. The van der Waals surface area contributed by atoms with Gasteiger partial charge in [-0.25, -0.2) is 0 Å². The highest BCUT2D eigenvalue weighted by atomic mass is 32.1. The van der Waals surface area contributed by atoms with Gasteiger partial charge in [-0.05, 0) is 66.8 Å². The van der Waals surface area contributed by atoms with Gasteiger partial charge in [-0.3, -0.25) is 24.0 Å². The molecular weight excluding hydrogens is 570 g/mol. The number of hydrogen-bond acceptors (Lipinski definition) is 7. The van der Waals surface area contributed by atoms with Gasteiger partial charge in [0.1, 0.15) is 29.9 Å². The molecule has 3 N–H and O–H groups in total. The molecule has 43 heavy (non-hydrogen) atoms. The molecule has 1 saturated heterocycles. The molecule has 5 heterocycles. The van der Waals surface area contributed by atoms with Gasteiger partial charge < -0.3 is 30.5 Å². The van der Waals surface area contributed by atoms with Gasteiger partial charge in [0.2, 0.25) is 23.6 Å². The third kappa shape index (κ3) is 7.01. The summed E-state index contributed by atoms with van der Waals surface area (Å²) in [7, 11) is 0. The number of nitrogens with one attached hydrogen (secondary N) is 3. The third-order valence-corrected chi connectivity index (χ3v) is 9.33. The Morgan fingerprint density at radius 3 is 2.51 bits per heavy atom. The van der Waals surface area contributed by atoms with Crippen molar-refractivity contribution < 1.29 is 28.7 Å². The summed E-state index contributed by atoms with van der Waals surface area (Å²) in [5.74, 6) is -1.68. The van der Waals surface area contributed by atoms with E-state index in [0.29, 0.717) is 38.2 Å². The van der Waals surface area contributed by atoms with Crippen molar-refractivity contribution in [2.75, 3.05) is 19.7 Å². The van der Waals surface area contributed by atoms with Crippen LogP contribution in [0.5, 0.6) is 5.75 Å². The molecule has 0 unspecified atom stereocenters. The van der Waals surface area contributed by atoms with Gasteiger partial charge in [0.15, 0.2) is 6.61 Å². The molecule has 0 aliphatic carbocycles. The zero-order valence-corrected chi connectivity index (χ0v) is 25.6. The fourth-order valence-electron chi connectivity index (χ4n) is 5.85. The van der Waals surface area contributed by atoms with Crippen molar-refractivity contribution in [1.82, 2.24) is 25.8 Å². The largest absolute Gasteiger partial charge is 0.484 e. The molecule has 2 aromatic rings. The Morgan fingerprint density at radius 2 is 1.77 bits per heavy atom. The second-order valence-electron chi connectivity index (χ2n) is 11.8. The summed E-state index contributed by atoms with van der Waals surface area (Å²) in [5, 5.41) is 10.4. The van der Waals surface area contributed by atoms with Crippen LogP contribution in [0.3, 0.4) is 0 Å². The highest BCUT2D eigenvalue weighted by Gasteiger charge is 2.40. The Hall–Kier alpha value is -3.93. The second kappa shape index (κ2) is 13.2. The molecule has 1 aromatic heterocycles. The van der Waals surface area contributed by atoms with Crippen LogP contribution >= 0.6 is 11.3 Å². The van der Waals surface area contributed by atoms with Crippen LogP contribution in [0.4, 0.5) is 0 Å². The first-order chi connectivity index (χ1) is 20.6. The standard InChI is InChI=1S/C31H39N5O6S/c1-18(2)27-31(41)36-12-4-5-24(36)29(39)32-19(3)28(38)33-23(30(40)35-13-10-25-21(16-35)11-14-43-25)15-20-6-8-22(9-7-20)42-17-26(37)34-27/h6-9,11,14,18-19,23-24,27H,4-5,10,12-13,15-17H2,1-3H3,(H,32,39)(H,33,38)(H,34,37)/t19-,23-,24-,27+/m0/s1. The summed E-state index contributed by atoms with van der Waals surface area (Å²) < 4.78 is 5.68. The van der Waals surface area contributed by atoms with E-state index < -0.39 is 41.9 Å². The third-order valence-electron chi connectivity index (χ3n) is 8.31. The maximum atomic E-state index is 13.8. The van der Waals surface area contributed by atoms with E-state index in [1.165, 1.54) is 9.78 Å². The van der Waals surface area contributed by atoms with Crippen LogP contribution < -0.4 is 20.7 Å². The first kappa shape index (κ1) is 30.5. The monoisotopic (exact) mass is 609 g/mol. The van der Waals surface area contributed by atoms with Crippen molar-refractivity contribution in [2.24, 2.45) is 5.92 Å². The molecule has 230 valence electrons. The number of carbonyl (C=O) groups is 5. The summed E-state index contributed by atoms with van der Waals surface area (Å²) >= 11 is 1.69. The van der Waals surface area contributed by atoms with Crippen LogP contribution in [0.1, 0.15) is 49.6 Å². The summed E-state index contributed by atoms with van der Waals surface area (Å²) in [4.78, 5) is 71.4. The molecule has 11 nitrogen and oxygen atoms in total. The Morgan fingerprint density at radius 1 is 1.00 bits per heavy atom. The smallest absolute Gasteiger partial charge is 0.258 e. The molecule has 2 bridgehead atoms. The van der Waals surface area contributed by atoms with Gasteiger partial charge in [0.25, 0.3) is 5.91 Å². The maximum Gasteiger partial charge on any atom is 0.258 e. The average molecular weight is 610 g/mol. The van der Waals surface area contributed by atoms with Crippen LogP contribution in [0.2, 0.25) is 0 Å². The fourth-order valence-corrected chi connectivity index (χ4v) is 6.74. The minimum Gasteiger partial charge on any atom is -0.484 e. The van der Waals surface area contributed by atoms with Gasteiger partial charge in [-0.1, -0.05) is 26.0 Å². The van der Waals surface area contributed by atoms with E-state index in [0.717, 1.165) is 17.5 Å². The molecule has 6 rings (SSSR count). The van der Waals surface area contributed by atoms with Crippen LogP contribution in [0, 0.1) is 5.92 Å². The predicted octanol–water partition coefficient (Wildman–Crippen LogP) is 1.39. The van der Waals surface area contributed by atoms with E-state index in [4.69, 9.17) is 4.74 Å². The van der Waals surface area contributed by atoms with Crippen molar-refractivity contribution >= 4 is 40.9 Å². The number of thiophene rings is 1. The number of rotatable bonds is 2. The number of fused-ring (bicyclic) bond motifs is 14. The first-order valence-corrected chi connectivity index (χ1v) is 15.7. The van der Waals surface area contributed by atoms with Crippen molar-refractivity contribution in [3.8, 4) is 5.75 Å². The molecule has 0 radical (unpaired) electrons. The quantitative estimate of drug-likeness (QED) is 0.471. The molecule has 1 fully saturated rings. The zero-order chi connectivity index (χ0) is 30.7. The molecule has 4 atom stereocenters. The molecule has 4 aliphatic heterocycles. The van der Waals surface area contributed by atoms with Gasteiger partial charge in [0.05, 0.1) is 0 Å². The summed E-state index contributed by atoms with van der Waals surface area (Å²) in [5.41, 5.74) is 1.92. The van der Waals surface area contributed by atoms with Gasteiger partial charge in [0, 0.05) is 30.9 Å². The number of amides is 5. The van der Waals surface area contributed by atoms with E-state index in [2.05, 4.69) is 16.0 Å². The molecule has 12 heteroatoms. The number of carbonyl (C=O) groups excluding carboxylic acids is 5. The van der Waals surface area contributed by atoms with Crippen molar-refractivity contribution in [2.45, 2.75) is 77.2 Å². The second-order valence-corrected chi connectivity index (χ2v) is 12.8. The van der Waals surface area contributed by atoms with Crippen LogP contribution in [-0.4, -0.2) is 83.2 Å². The molecule has 4 aliphatic rings. The van der Waals surface area contributed by atoms with E-state index >= 15 is 0 Å². The summed E-state index contributed by atoms with van der Waals surface area (Å²) in [6, 6.07) is 5.64. The highest BCUT2D eigenvalue weighted by molar-refractivity contribution is 7.10. The Balaban J connectivity index is 1.40. The fraction of sp³-hybridized carbons (Fsp3) is 0.516. The molecule has 5 amide bonds. The molecule has 0 saturated carbocycles. The lowest BCUT2D eigenvalue weighted by Crippen LogP contribution is -2.58. The lowest BCUT2D eigenvalue weighted by molar-refractivity contribution is -0.143. The Kier molecular flexibility index (Phi) is 9.34. The summed E-state index contributed by atoms with van der Waals surface area (Å²) in [6.45, 7) is 6.36. The van der Waals surface area contributed by atoms with Crippen molar-refractivity contribution in [3.63, 3.8) is 0 Å². The zero-order valence-electron chi connectivity index (χ0n) is 24.8. The Labute approximate surface area is 255 Å². The van der Waals surface area contributed by atoms with E-state index in [1.54, 1.807) is 47.4 Å². The molecule has 0 spiro atoms. The van der Waals surface area contributed by atoms with E-state index in [1.807, 2.05) is 25.3 Å². The Bertz CT molecular complexity index is 1370. The van der Waals surface area contributed by atoms with Crippen LogP contribution in [-0.2, 0) is 43.4 Å². The number of nitrogens with zero attached hydrogens (tertiary/aromatic N) is 2. The lowest BCUT2D eigenvalue weighted by Gasteiger charge is -2.32. The summed E-state index contributed by atoms with van der Waals surface area (Å²) in [6.07, 6.45) is 2.07. The van der Waals surface area contributed by atoms with Crippen molar-refractivity contribution in [1.29, 1.82) is 0 Å². The van der Waals surface area contributed by atoms with E-state index in [9.17, 15) is 24.0 Å². The van der Waals surface area contributed by atoms with Crippen LogP contribution in [0.25, 0.3) is 0 Å². The molecule has 1 aromatic carbocycles. The number of ether oxygens (including phenoxy) is 1. The van der Waals surface area contributed by atoms with Gasteiger partial charge in [-0.2, -0.15) is 0 Å². The van der Waals surface area contributed by atoms with Crippen molar-refractivity contribution in [3.05, 3.63) is 51.7 Å². The van der Waals surface area contributed by atoms with Gasteiger partial charge in [-0.15, -0.1) is 11.3 Å². The van der Waals surface area contributed by atoms with E-state index in [-0.39, 0.29) is 30.8 Å². The SMILES string of the molecule is CC(C)[C@H]1NC(=O)COc2ccc(cc2)C[C@@H](C(=O)N2CCc3sccc3C2)NC(=O)[C@H](C)NC(=O)[C@@H]2CCCN2C1=O. The number of hydrogen-bond donors (Lipinski definition) is 3. The first-order valence-electron chi connectivity index (χ1n) is 14.9. The topological polar surface area (TPSA) is 137 Å². The minimum absolute atomic E-state index is 0.195. The maximum absolute atomic E-state index is 13.8. The average Bonchev–Trinajstić information content (AvgIpc) is 3.67. The van der Waals surface area contributed by atoms with Crippen LogP contribution in [0.15, 0.2) is 35.7 Å². The number of benzene rings is 1. The lowest BCUT2D eigenvalue weighted by atomic mass is 10.0.